The zero-order valence-electron chi connectivity index (χ0n) is 17.2. The van der Waals surface area contributed by atoms with E-state index in [1.807, 2.05) is 61.5 Å². The number of pyridine rings is 1. The van der Waals surface area contributed by atoms with E-state index >= 15 is 0 Å². The van der Waals surface area contributed by atoms with Gasteiger partial charge in [-0.1, -0.05) is 48.5 Å². The Kier molecular flexibility index (Phi) is 6.57. The van der Waals surface area contributed by atoms with E-state index in [4.69, 9.17) is 14.5 Å². The lowest BCUT2D eigenvalue weighted by Crippen LogP contribution is -2.54. The number of carbonyl (C=O) groups excluding carboxylic acids is 1. The van der Waals surface area contributed by atoms with Gasteiger partial charge in [0.15, 0.2) is 0 Å². The summed E-state index contributed by atoms with van der Waals surface area (Å²) in [5, 5.41) is 4.31. The minimum absolute atomic E-state index is 0.183. The molecule has 4 rings (SSSR count). The summed E-state index contributed by atoms with van der Waals surface area (Å²) in [6, 6.07) is 19.9. The Bertz CT molecular complexity index is 993. The molecule has 3 aromatic rings. The molecule has 1 aliphatic heterocycles. The van der Waals surface area contributed by atoms with Gasteiger partial charge in [-0.15, -0.1) is 0 Å². The molecule has 2 heterocycles. The van der Waals surface area contributed by atoms with Crippen LogP contribution in [0.1, 0.15) is 18.2 Å². The molecular weight excluding hydrogens is 378 g/mol. The van der Waals surface area contributed by atoms with Crippen LogP contribution in [0.3, 0.4) is 0 Å². The van der Waals surface area contributed by atoms with Gasteiger partial charge in [0.25, 0.3) is 0 Å². The number of carbonyl (C=O) groups is 1. The Morgan fingerprint density at radius 2 is 2.00 bits per heavy atom. The number of hydrogen-bond donors (Lipinski definition) is 1. The number of rotatable bonds is 7. The van der Waals surface area contributed by atoms with Crippen LogP contribution in [-0.2, 0) is 22.7 Å². The summed E-state index contributed by atoms with van der Waals surface area (Å²) in [4.78, 5) is 19.4. The molecule has 1 aliphatic rings. The molecule has 30 heavy (non-hydrogen) atoms. The topological polar surface area (TPSA) is 63.7 Å². The van der Waals surface area contributed by atoms with Crippen molar-refractivity contribution in [1.29, 1.82) is 0 Å². The van der Waals surface area contributed by atoms with E-state index in [1.165, 1.54) is 0 Å². The third-order valence-corrected chi connectivity index (χ3v) is 5.26. The van der Waals surface area contributed by atoms with Crippen molar-refractivity contribution in [2.75, 3.05) is 26.2 Å². The van der Waals surface area contributed by atoms with E-state index in [0.29, 0.717) is 26.3 Å². The van der Waals surface area contributed by atoms with Gasteiger partial charge in [-0.2, -0.15) is 0 Å². The van der Waals surface area contributed by atoms with Crippen LogP contribution >= 0.6 is 0 Å². The van der Waals surface area contributed by atoms with Gasteiger partial charge in [0.05, 0.1) is 12.3 Å². The number of nitrogens with zero attached hydrogens (tertiary/aromatic N) is 2. The molecule has 1 unspecified atom stereocenters. The molecule has 0 bridgehead atoms. The Morgan fingerprint density at radius 1 is 1.13 bits per heavy atom. The fourth-order valence-electron chi connectivity index (χ4n) is 3.71. The van der Waals surface area contributed by atoms with Gasteiger partial charge in [-0.05, 0) is 24.6 Å². The second-order valence-corrected chi connectivity index (χ2v) is 7.35. The summed E-state index contributed by atoms with van der Waals surface area (Å²) < 4.78 is 11.3. The Balaban J connectivity index is 1.54. The Labute approximate surface area is 176 Å². The first-order chi connectivity index (χ1) is 14.7. The van der Waals surface area contributed by atoms with E-state index in [0.717, 1.165) is 41.0 Å². The van der Waals surface area contributed by atoms with Crippen LogP contribution < -0.4 is 10.1 Å². The van der Waals surface area contributed by atoms with Gasteiger partial charge in [-0.25, -0.2) is 4.98 Å². The molecule has 1 saturated heterocycles. The molecule has 0 aliphatic carbocycles. The first-order valence-corrected chi connectivity index (χ1v) is 10.4. The highest BCUT2D eigenvalue weighted by atomic mass is 16.5. The van der Waals surface area contributed by atoms with Crippen molar-refractivity contribution >= 4 is 16.9 Å². The molecule has 6 nitrogen and oxygen atoms in total. The van der Waals surface area contributed by atoms with Crippen LogP contribution in [0.4, 0.5) is 0 Å². The molecule has 2 aromatic carbocycles. The van der Waals surface area contributed by atoms with Crippen molar-refractivity contribution in [3.63, 3.8) is 0 Å². The van der Waals surface area contributed by atoms with E-state index in [1.54, 1.807) is 0 Å². The van der Waals surface area contributed by atoms with Gasteiger partial charge in [0, 0.05) is 31.6 Å². The van der Waals surface area contributed by atoms with Crippen molar-refractivity contribution in [3.8, 4) is 5.75 Å². The van der Waals surface area contributed by atoms with E-state index in [9.17, 15) is 4.79 Å². The van der Waals surface area contributed by atoms with Gasteiger partial charge in [0.1, 0.15) is 23.9 Å². The summed E-state index contributed by atoms with van der Waals surface area (Å²) in [6.07, 6.45) is 0. The second kappa shape index (κ2) is 9.69. The van der Waals surface area contributed by atoms with Crippen LogP contribution in [0.5, 0.6) is 5.75 Å². The average Bonchev–Trinajstić information content (AvgIpc) is 2.79. The molecule has 0 saturated carbocycles. The highest BCUT2D eigenvalue weighted by Gasteiger charge is 2.30. The largest absolute Gasteiger partial charge is 0.487 e. The van der Waals surface area contributed by atoms with Crippen LogP contribution in [0.15, 0.2) is 60.7 Å². The predicted molar refractivity (Wildman–Crippen MR) is 116 cm³/mol. The maximum absolute atomic E-state index is 12.3. The molecule has 0 amide bonds. The molecule has 0 radical (unpaired) electrons. The summed E-state index contributed by atoms with van der Waals surface area (Å²) in [5.74, 6) is 0.581. The summed E-state index contributed by atoms with van der Waals surface area (Å²) in [7, 11) is 0. The third-order valence-electron chi connectivity index (χ3n) is 5.26. The zero-order valence-corrected chi connectivity index (χ0v) is 17.2. The van der Waals surface area contributed by atoms with Crippen molar-refractivity contribution < 1.29 is 14.3 Å². The highest BCUT2D eigenvalue weighted by molar-refractivity contribution is 5.84. The van der Waals surface area contributed by atoms with E-state index in [2.05, 4.69) is 16.3 Å². The highest BCUT2D eigenvalue weighted by Crippen LogP contribution is 2.25. The number of fused-ring (bicyclic) bond motifs is 1. The van der Waals surface area contributed by atoms with Crippen LogP contribution in [0, 0.1) is 0 Å². The molecule has 0 spiro atoms. The number of piperazine rings is 1. The monoisotopic (exact) mass is 405 g/mol. The molecule has 6 heteroatoms. The molecular formula is C24H27N3O3. The van der Waals surface area contributed by atoms with Crippen LogP contribution in [0.2, 0.25) is 0 Å². The van der Waals surface area contributed by atoms with Crippen molar-refractivity contribution in [2.24, 2.45) is 0 Å². The van der Waals surface area contributed by atoms with Crippen molar-refractivity contribution in [3.05, 3.63) is 71.9 Å². The average molecular weight is 405 g/mol. The van der Waals surface area contributed by atoms with Gasteiger partial charge < -0.3 is 14.8 Å². The first-order valence-electron chi connectivity index (χ1n) is 10.4. The molecule has 156 valence electrons. The number of nitrogens with one attached hydrogen (secondary N) is 1. The van der Waals surface area contributed by atoms with E-state index in [-0.39, 0.29) is 12.0 Å². The smallest absolute Gasteiger partial charge is 0.324 e. The fourth-order valence-corrected chi connectivity index (χ4v) is 3.71. The van der Waals surface area contributed by atoms with E-state index < -0.39 is 0 Å². The summed E-state index contributed by atoms with van der Waals surface area (Å²) in [5.41, 5.74) is 2.87. The Hall–Kier alpha value is -2.96. The van der Waals surface area contributed by atoms with Gasteiger partial charge >= 0.3 is 5.97 Å². The first kappa shape index (κ1) is 20.3. The quantitative estimate of drug-likeness (QED) is 0.610. The molecule has 1 N–H and O–H groups in total. The minimum Gasteiger partial charge on any atom is -0.487 e. The maximum atomic E-state index is 12.3. The number of esters is 1. The lowest BCUT2D eigenvalue weighted by Gasteiger charge is -2.34. The zero-order chi connectivity index (χ0) is 20.8. The third kappa shape index (κ3) is 4.78. The summed E-state index contributed by atoms with van der Waals surface area (Å²) >= 11 is 0. The minimum atomic E-state index is -0.291. The van der Waals surface area contributed by atoms with Crippen molar-refractivity contribution in [1.82, 2.24) is 15.2 Å². The SMILES string of the molecule is CCOC(=O)C1CNCCN1Cc1ccc2cccc(OCc3ccccc3)c2n1. The number of benzene rings is 2. The van der Waals surface area contributed by atoms with Crippen LogP contribution in [-0.4, -0.2) is 48.1 Å². The normalized spacial score (nSPS) is 17.0. The standard InChI is InChI=1S/C24H27N3O3/c1-2-29-24(28)21-15-25-13-14-27(21)16-20-12-11-19-9-6-10-22(23(19)26-20)30-17-18-7-4-3-5-8-18/h3-12,21,25H,2,13-17H2,1H3. The fraction of sp³-hybridized carbons (Fsp3) is 0.333. The maximum Gasteiger partial charge on any atom is 0.324 e. The number of hydrogen-bond acceptors (Lipinski definition) is 6. The Morgan fingerprint density at radius 3 is 2.83 bits per heavy atom. The lowest BCUT2D eigenvalue weighted by molar-refractivity contribution is -0.150. The number of para-hydroxylation sites is 1. The van der Waals surface area contributed by atoms with Gasteiger partial charge in [-0.3, -0.25) is 9.69 Å². The molecule has 1 aromatic heterocycles. The van der Waals surface area contributed by atoms with Crippen molar-refractivity contribution in [2.45, 2.75) is 26.1 Å². The number of ether oxygens (including phenoxy) is 2. The number of aromatic nitrogens is 1. The van der Waals surface area contributed by atoms with Gasteiger partial charge in [0.2, 0.25) is 0 Å². The van der Waals surface area contributed by atoms with Crippen LogP contribution in [0.25, 0.3) is 10.9 Å². The summed E-state index contributed by atoms with van der Waals surface area (Å²) in [6.45, 7) is 5.52. The molecule has 1 atom stereocenters. The second-order valence-electron chi connectivity index (χ2n) is 7.35. The lowest BCUT2D eigenvalue weighted by atomic mass is 10.1. The molecule has 1 fully saturated rings. The predicted octanol–water partition coefficient (Wildman–Crippen LogP) is 3.15.